The summed E-state index contributed by atoms with van der Waals surface area (Å²) in [6.45, 7) is 0. The summed E-state index contributed by atoms with van der Waals surface area (Å²) in [5, 5.41) is 14.5. The fourth-order valence-electron chi connectivity index (χ4n) is 1.57. The van der Waals surface area contributed by atoms with Crippen molar-refractivity contribution in [3.8, 4) is 0 Å². The zero-order valence-corrected chi connectivity index (χ0v) is 10.3. The number of urea groups is 1. The Labute approximate surface area is 109 Å². The van der Waals surface area contributed by atoms with Gasteiger partial charge >= 0.3 is 12.0 Å². The molecule has 0 spiro atoms. The van der Waals surface area contributed by atoms with Crippen molar-refractivity contribution in [2.45, 2.75) is 24.9 Å². The minimum atomic E-state index is -1.14. The van der Waals surface area contributed by atoms with Crippen LogP contribution in [0.25, 0.3) is 0 Å². The van der Waals surface area contributed by atoms with Crippen LogP contribution in [0.15, 0.2) is 24.3 Å². The average Bonchev–Trinajstić information content (AvgIpc) is 3.10. The molecule has 1 aromatic carbocycles. The molecule has 0 saturated heterocycles. The Morgan fingerprint density at radius 2 is 2.00 bits per heavy atom. The third kappa shape index (κ3) is 3.13. The molecule has 1 aromatic rings. The summed E-state index contributed by atoms with van der Waals surface area (Å²) in [6, 6.07) is 5.10. The fourth-order valence-corrected chi connectivity index (χ4v) is 1.81. The number of aliphatic carboxylic acids is 1. The maximum atomic E-state index is 11.6. The minimum Gasteiger partial charge on any atom is -0.479 e. The largest absolute Gasteiger partial charge is 0.479 e. The summed E-state index contributed by atoms with van der Waals surface area (Å²) in [4.78, 5) is 22.8. The molecule has 1 aliphatic carbocycles. The van der Waals surface area contributed by atoms with E-state index >= 15 is 0 Å². The SMILES string of the molecule is O=C(NC1CC1)N[C@@H](C(=O)O)c1ccccc1Cl. The molecule has 0 aliphatic heterocycles. The van der Waals surface area contributed by atoms with Crippen molar-refractivity contribution in [2.24, 2.45) is 0 Å². The van der Waals surface area contributed by atoms with E-state index < -0.39 is 18.0 Å². The van der Waals surface area contributed by atoms with Crippen molar-refractivity contribution in [3.63, 3.8) is 0 Å². The number of carbonyl (C=O) groups is 2. The lowest BCUT2D eigenvalue weighted by atomic mass is 10.1. The summed E-state index contributed by atoms with van der Waals surface area (Å²) in [7, 11) is 0. The van der Waals surface area contributed by atoms with E-state index in [0.717, 1.165) is 12.8 Å². The van der Waals surface area contributed by atoms with Gasteiger partial charge in [-0.05, 0) is 18.9 Å². The van der Waals surface area contributed by atoms with Crippen LogP contribution in [0.2, 0.25) is 5.02 Å². The van der Waals surface area contributed by atoms with Gasteiger partial charge in [-0.25, -0.2) is 9.59 Å². The number of carboxylic acids is 1. The zero-order valence-electron chi connectivity index (χ0n) is 9.52. The van der Waals surface area contributed by atoms with Crippen LogP contribution in [-0.4, -0.2) is 23.1 Å². The maximum Gasteiger partial charge on any atom is 0.331 e. The molecule has 1 aliphatic rings. The number of halogens is 1. The molecule has 1 atom stereocenters. The van der Waals surface area contributed by atoms with Gasteiger partial charge in [-0.1, -0.05) is 29.8 Å². The Hall–Kier alpha value is -1.75. The maximum absolute atomic E-state index is 11.6. The average molecular weight is 269 g/mol. The molecule has 18 heavy (non-hydrogen) atoms. The van der Waals surface area contributed by atoms with Crippen molar-refractivity contribution in [2.75, 3.05) is 0 Å². The first-order chi connectivity index (χ1) is 8.58. The highest BCUT2D eigenvalue weighted by molar-refractivity contribution is 6.31. The van der Waals surface area contributed by atoms with Crippen LogP contribution in [0, 0.1) is 0 Å². The molecular weight excluding hydrogens is 256 g/mol. The summed E-state index contributed by atoms with van der Waals surface area (Å²) >= 11 is 5.93. The predicted octanol–water partition coefficient (Wildman–Crippen LogP) is 1.93. The van der Waals surface area contributed by atoms with E-state index in [1.54, 1.807) is 24.3 Å². The minimum absolute atomic E-state index is 0.172. The second kappa shape index (κ2) is 5.27. The Bertz CT molecular complexity index is 474. The van der Waals surface area contributed by atoms with E-state index in [1.807, 2.05) is 0 Å². The molecule has 0 radical (unpaired) electrons. The summed E-state index contributed by atoms with van der Waals surface area (Å²) in [6.07, 6.45) is 1.88. The third-order valence-electron chi connectivity index (χ3n) is 2.65. The lowest BCUT2D eigenvalue weighted by Gasteiger charge is -2.16. The Balaban J connectivity index is 2.10. The van der Waals surface area contributed by atoms with Gasteiger partial charge in [0.15, 0.2) is 6.04 Å². The van der Waals surface area contributed by atoms with Gasteiger partial charge in [-0.2, -0.15) is 0 Å². The molecule has 1 fully saturated rings. The summed E-state index contributed by atoms with van der Waals surface area (Å²) in [5.74, 6) is -1.14. The molecule has 1 saturated carbocycles. The van der Waals surface area contributed by atoms with Gasteiger partial charge in [0.05, 0.1) is 0 Å². The number of nitrogens with one attached hydrogen (secondary N) is 2. The van der Waals surface area contributed by atoms with Gasteiger partial charge in [-0.3, -0.25) is 0 Å². The second-order valence-electron chi connectivity index (χ2n) is 4.18. The van der Waals surface area contributed by atoms with E-state index in [4.69, 9.17) is 16.7 Å². The van der Waals surface area contributed by atoms with Crippen molar-refractivity contribution in [1.29, 1.82) is 0 Å². The highest BCUT2D eigenvalue weighted by atomic mass is 35.5. The number of amides is 2. The number of rotatable bonds is 4. The quantitative estimate of drug-likeness (QED) is 0.781. The van der Waals surface area contributed by atoms with E-state index in [0.29, 0.717) is 10.6 Å². The van der Waals surface area contributed by atoms with Crippen LogP contribution < -0.4 is 10.6 Å². The van der Waals surface area contributed by atoms with Gasteiger partial charge in [0.25, 0.3) is 0 Å². The number of hydrogen-bond donors (Lipinski definition) is 3. The lowest BCUT2D eigenvalue weighted by Crippen LogP contribution is -2.41. The number of hydrogen-bond acceptors (Lipinski definition) is 2. The van der Waals surface area contributed by atoms with Gasteiger partial charge in [0, 0.05) is 16.6 Å². The van der Waals surface area contributed by atoms with Gasteiger partial charge in [0.2, 0.25) is 0 Å². The van der Waals surface area contributed by atoms with Crippen molar-refractivity contribution < 1.29 is 14.7 Å². The second-order valence-corrected chi connectivity index (χ2v) is 4.59. The van der Waals surface area contributed by atoms with E-state index in [9.17, 15) is 9.59 Å². The van der Waals surface area contributed by atoms with Gasteiger partial charge < -0.3 is 15.7 Å². The smallest absolute Gasteiger partial charge is 0.331 e. The molecule has 5 nitrogen and oxygen atoms in total. The first kappa shape index (κ1) is 12.7. The van der Waals surface area contributed by atoms with Crippen molar-refractivity contribution in [3.05, 3.63) is 34.9 Å². The third-order valence-corrected chi connectivity index (χ3v) is 3.00. The predicted molar refractivity (Wildman–Crippen MR) is 66.5 cm³/mol. The number of carbonyl (C=O) groups excluding carboxylic acids is 1. The molecule has 96 valence electrons. The Morgan fingerprint density at radius 1 is 1.33 bits per heavy atom. The molecular formula is C12H13ClN2O3. The Morgan fingerprint density at radius 3 is 2.56 bits per heavy atom. The lowest BCUT2D eigenvalue weighted by molar-refractivity contribution is -0.139. The van der Waals surface area contributed by atoms with E-state index in [2.05, 4.69) is 10.6 Å². The first-order valence-corrected chi connectivity index (χ1v) is 6.00. The molecule has 2 amide bonds. The van der Waals surface area contributed by atoms with E-state index in [1.165, 1.54) is 0 Å². The monoisotopic (exact) mass is 268 g/mol. The topological polar surface area (TPSA) is 78.4 Å². The highest BCUT2D eigenvalue weighted by Crippen LogP contribution is 2.23. The van der Waals surface area contributed by atoms with Crippen LogP contribution >= 0.6 is 11.6 Å². The molecule has 2 rings (SSSR count). The summed E-state index contributed by atoms with van der Waals surface area (Å²) in [5.41, 5.74) is 0.373. The van der Waals surface area contributed by atoms with Gasteiger partial charge in [-0.15, -0.1) is 0 Å². The zero-order chi connectivity index (χ0) is 13.1. The van der Waals surface area contributed by atoms with Crippen molar-refractivity contribution in [1.82, 2.24) is 10.6 Å². The molecule has 3 N–H and O–H groups in total. The normalized spacial score (nSPS) is 15.8. The van der Waals surface area contributed by atoms with E-state index in [-0.39, 0.29) is 6.04 Å². The summed E-state index contributed by atoms with van der Waals surface area (Å²) < 4.78 is 0. The fraction of sp³-hybridized carbons (Fsp3) is 0.333. The molecule has 0 heterocycles. The van der Waals surface area contributed by atoms with Crippen LogP contribution in [0.5, 0.6) is 0 Å². The number of carboxylic acid groups (broad SMARTS) is 1. The Kier molecular flexibility index (Phi) is 3.72. The molecule has 0 bridgehead atoms. The van der Waals surface area contributed by atoms with Crippen LogP contribution in [0.4, 0.5) is 4.79 Å². The number of benzene rings is 1. The van der Waals surface area contributed by atoms with Crippen molar-refractivity contribution >= 4 is 23.6 Å². The molecule has 0 unspecified atom stereocenters. The molecule has 6 heteroatoms. The van der Waals surface area contributed by atoms with Crippen LogP contribution in [-0.2, 0) is 4.79 Å². The highest BCUT2D eigenvalue weighted by Gasteiger charge is 2.27. The van der Waals surface area contributed by atoms with Gasteiger partial charge in [0.1, 0.15) is 0 Å². The van der Waals surface area contributed by atoms with Crippen LogP contribution in [0.3, 0.4) is 0 Å². The molecule has 0 aromatic heterocycles. The first-order valence-electron chi connectivity index (χ1n) is 5.62. The standard InChI is InChI=1S/C12H13ClN2O3/c13-9-4-2-1-3-8(9)10(11(16)17)15-12(18)14-7-5-6-7/h1-4,7,10H,5-6H2,(H,16,17)(H2,14,15,18)/t10-/m1/s1. The van der Waals surface area contributed by atoms with Crippen LogP contribution in [0.1, 0.15) is 24.4 Å².